The van der Waals surface area contributed by atoms with Crippen LogP contribution in [-0.2, 0) is 23.9 Å². The number of hydrogen-bond donors (Lipinski definition) is 2. The molecule has 22 heavy (non-hydrogen) atoms. The number of rotatable bonds is 5. The monoisotopic (exact) mass is 326 g/mol. The van der Waals surface area contributed by atoms with Crippen molar-refractivity contribution in [3.63, 3.8) is 0 Å². The van der Waals surface area contributed by atoms with E-state index in [4.69, 9.17) is 20.4 Å². The maximum absolute atomic E-state index is 11.0. The highest BCUT2D eigenvalue weighted by Gasteiger charge is 2.38. The van der Waals surface area contributed by atoms with E-state index >= 15 is 0 Å². The molecule has 0 spiro atoms. The van der Waals surface area contributed by atoms with Gasteiger partial charge in [-0.25, -0.2) is 4.79 Å². The Hall–Kier alpha value is -2.43. The maximum Gasteiger partial charge on any atom is 0.490 e. The molecule has 0 radical (unpaired) electrons. The number of alkyl halides is 3. The maximum atomic E-state index is 11.0. The summed E-state index contributed by atoms with van der Waals surface area (Å²) < 4.78 is 36.5. The lowest BCUT2D eigenvalue weighted by Crippen LogP contribution is -2.33. The van der Waals surface area contributed by atoms with Gasteiger partial charge in [0, 0.05) is 18.7 Å². The van der Waals surface area contributed by atoms with Crippen LogP contribution in [0.5, 0.6) is 0 Å². The molecular formula is C11H13F3N2O6. The fraction of sp³-hybridized carbons (Fsp3) is 0.455. The number of carboxylic acid groups (broad SMARTS) is 1. The fourth-order valence-electron chi connectivity index (χ4n) is 1.09. The molecule has 0 unspecified atom stereocenters. The van der Waals surface area contributed by atoms with E-state index in [9.17, 15) is 27.6 Å². The number of ether oxygens (including phenoxy) is 1. The molecule has 0 bridgehead atoms. The number of nitrogens with two attached hydrogens (primary N) is 1. The van der Waals surface area contributed by atoms with Crippen molar-refractivity contribution in [1.29, 1.82) is 0 Å². The zero-order valence-corrected chi connectivity index (χ0v) is 11.1. The van der Waals surface area contributed by atoms with Crippen LogP contribution in [0.2, 0.25) is 0 Å². The molecule has 11 heteroatoms. The van der Waals surface area contributed by atoms with Gasteiger partial charge in [0.05, 0.1) is 13.0 Å². The van der Waals surface area contributed by atoms with Crippen LogP contribution in [0.1, 0.15) is 6.42 Å². The molecule has 1 heterocycles. The summed E-state index contributed by atoms with van der Waals surface area (Å²) in [6, 6.07) is 0. The molecular weight excluding hydrogens is 313 g/mol. The lowest BCUT2D eigenvalue weighted by Gasteiger charge is -2.13. The first-order valence-corrected chi connectivity index (χ1v) is 5.79. The zero-order valence-electron chi connectivity index (χ0n) is 11.1. The highest BCUT2D eigenvalue weighted by molar-refractivity contribution is 6.12. The number of carboxylic acids is 1. The third kappa shape index (κ3) is 7.38. The number of amides is 2. The van der Waals surface area contributed by atoms with Gasteiger partial charge in [0.2, 0.25) is 0 Å². The standard InChI is InChI=1S/C9H12N2O4.C2HF3O2/c10-4-3-9(14)15-6-5-11-7(12)1-2-8(11)13;3-2(4,5)1(6)7/h1-2H,3-6,10H2;(H,6,7). The van der Waals surface area contributed by atoms with Gasteiger partial charge in [-0.05, 0) is 0 Å². The van der Waals surface area contributed by atoms with Gasteiger partial charge in [0.15, 0.2) is 0 Å². The highest BCUT2D eigenvalue weighted by Crippen LogP contribution is 2.13. The van der Waals surface area contributed by atoms with Gasteiger partial charge in [0.25, 0.3) is 11.8 Å². The molecule has 0 aromatic rings. The molecule has 0 aromatic carbocycles. The number of halogens is 3. The molecule has 0 atom stereocenters. The summed E-state index contributed by atoms with van der Waals surface area (Å²) in [7, 11) is 0. The second-order valence-electron chi connectivity index (χ2n) is 3.72. The Bertz CT molecular complexity index is 457. The van der Waals surface area contributed by atoms with Crippen molar-refractivity contribution in [2.45, 2.75) is 12.6 Å². The van der Waals surface area contributed by atoms with E-state index in [0.717, 1.165) is 4.90 Å². The third-order valence-electron chi connectivity index (χ3n) is 2.07. The summed E-state index contributed by atoms with van der Waals surface area (Å²) in [4.78, 5) is 42.9. The smallest absolute Gasteiger partial charge is 0.475 e. The van der Waals surface area contributed by atoms with Gasteiger partial charge >= 0.3 is 18.1 Å². The fourth-order valence-corrected chi connectivity index (χ4v) is 1.09. The second kappa shape index (κ2) is 8.77. The van der Waals surface area contributed by atoms with Crippen molar-refractivity contribution in [3.05, 3.63) is 12.2 Å². The predicted octanol–water partition coefficient (Wildman–Crippen LogP) is -0.563. The Balaban J connectivity index is 0.000000534. The van der Waals surface area contributed by atoms with Gasteiger partial charge in [0.1, 0.15) is 6.61 Å². The van der Waals surface area contributed by atoms with E-state index in [-0.39, 0.29) is 37.9 Å². The van der Waals surface area contributed by atoms with E-state index < -0.39 is 18.1 Å². The lowest BCUT2D eigenvalue weighted by atomic mass is 10.4. The Morgan fingerprint density at radius 1 is 1.23 bits per heavy atom. The first kappa shape index (κ1) is 19.6. The van der Waals surface area contributed by atoms with E-state index in [1.54, 1.807) is 0 Å². The summed E-state index contributed by atoms with van der Waals surface area (Å²) in [6.45, 7) is 0.320. The van der Waals surface area contributed by atoms with Crippen molar-refractivity contribution in [2.24, 2.45) is 5.73 Å². The van der Waals surface area contributed by atoms with Crippen LogP contribution in [-0.4, -0.2) is 59.6 Å². The minimum absolute atomic E-state index is 0.0119. The second-order valence-corrected chi connectivity index (χ2v) is 3.72. The molecule has 0 saturated carbocycles. The van der Waals surface area contributed by atoms with Crippen LogP contribution in [0.25, 0.3) is 0 Å². The Labute approximate surface area is 122 Å². The minimum Gasteiger partial charge on any atom is -0.475 e. The zero-order chi connectivity index (χ0) is 17.3. The van der Waals surface area contributed by atoms with E-state index in [1.807, 2.05) is 0 Å². The average molecular weight is 326 g/mol. The van der Waals surface area contributed by atoms with Gasteiger partial charge in [-0.2, -0.15) is 13.2 Å². The topological polar surface area (TPSA) is 127 Å². The van der Waals surface area contributed by atoms with Crippen LogP contribution in [0.3, 0.4) is 0 Å². The molecule has 0 aliphatic carbocycles. The first-order chi connectivity index (χ1) is 10.1. The Morgan fingerprint density at radius 3 is 2.05 bits per heavy atom. The number of imide groups is 1. The number of aliphatic carboxylic acids is 1. The first-order valence-electron chi connectivity index (χ1n) is 5.79. The van der Waals surface area contributed by atoms with Crippen molar-refractivity contribution in [3.8, 4) is 0 Å². The van der Waals surface area contributed by atoms with Gasteiger partial charge in [-0.3, -0.25) is 19.3 Å². The van der Waals surface area contributed by atoms with E-state index in [2.05, 4.69) is 0 Å². The van der Waals surface area contributed by atoms with Crippen molar-refractivity contribution in [2.75, 3.05) is 19.7 Å². The van der Waals surface area contributed by atoms with Crippen molar-refractivity contribution in [1.82, 2.24) is 4.90 Å². The molecule has 1 rings (SSSR count). The molecule has 2 amide bonds. The minimum atomic E-state index is -5.08. The number of nitrogens with zero attached hydrogens (tertiary/aromatic N) is 1. The Kier molecular flexibility index (Phi) is 7.80. The largest absolute Gasteiger partial charge is 0.490 e. The van der Waals surface area contributed by atoms with Crippen molar-refractivity contribution >= 4 is 23.8 Å². The number of esters is 1. The normalized spacial score (nSPS) is 13.7. The molecule has 0 fully saturated rings. The number of carbonyl (C=O) groups excluding carboxylic acids is 3. The number of carbonyl (C=O) groups is 4. The molecule has 1 aliphatic rings. The lowest BCUT2D eigenvalue weighted by molar-refractivity contribution is -0.192. The van der Waals surface area contributed by atoms with Crippen LogP contribution >= 0.6 is 0 Å². The predicted molar refractivity (Wildman–Crippen MR) is 64.2 cm³/mol. The van der Waals surface area contributed by atoms with Gasteiger partial charge in [-0.1, -0.05) is 0 Å². The average Bonchev–Trinajstić information content (AvgIpc) is 2.70. The van der Waals surface area contributed by atoms with E-state index in [0.29, 0.717) is 0 Å². The van der Waals surface area contributed by atoms with Crippen LogP contribution in [0.4, 0.5) is 13.2 Å². The van der Waals surface area contributed by atoms with Gasteiger partial charge in [-0.15, -0.1) is 0 Å². The summed E-state index contributed by atoms with van der Waals surface area (Å²) in [5, 5.41) is 7.12. The van der Waals surface area contributed by atoms with E-state index in [1.165, 1.54) is 12.2 Å². The highest BCUT2D eigenvalue weighted by atomic mass is 19.4. The number of hydrogen-bond acceptors (Lipinski definition) is 6. The summed E-state index contributed by atoms with van der Waals surface area (Å²) in [6.07, 6.45) is -2.58. The molecule has 124 valence electrons. The molecule has 8 nitrogen and oxygen atoms in total. The van der Waals surface area contributed by atoms with Crippen LogP contribution in [0, 0.1) is 0 Å². The quantitative estimate of drug-likeness (QED) is 0.512. The summed E-state index contributed by atoms with van der Waals surface area (Å²) in [5.74, 6) is -3.94. The third-order valence-corrected chi connectivity index (χ3v) is 2.07. The van der Waals surface area contributed by atoms with Crippen LogP contribution < -0.4 is 5.73 Å². The molecule has 1 aliphatic heterocycles. The molecule has 3 N–H and O–H groups in total. The summed E-state index contributed by atoms with van der Waals surface area (Å²) >= 11 is 0. The van der Waals surface area contributed by atoms with Crippen LogP contribution in [0.15, 0.2) is 12.2 Å². The summed E-state index contributed by atoms with van der Waals surface area (Å²) in [5.41, 5.74) is 5.14. The molecule has 0 saturated heterocycles. The van der Waals surface area contributed by atoms with Gasteiger partial charge < -0.3 is 15.6 Å². The van der Waals surface area contributed by atoms with Crippen molar-refractivity contribution < 1.29 is 42.2 Å². The molecule has 0 aromatic heterocycles. The SMILES string of the molecule is NCCC(=O)OCCN1C(=O)C=CC1=O.O=C(O)C(F)(F)F. The Morgan fingerprint density at radius 2 is 1.68 bits per heavy atom.